The molecule has 0 atom stereocenters. The zero-order valence-electron chi connectivity index (χ0n) is 9.56. The monoisotopic (exact) mass is 212 g/mol. The Labute approximate surface area is 90.4 Å². The summed E-state index contributed by atoms with van der Waals surface area (Å²) < 4.78 is 0. The molecule has 0 fully saturated rings. The first-order valence-corrected chi connectivity index (χ1v) is 5.41. The van der Waals surface area contributed by atoms with Gasteiger partial charge < -0.3 is 5.73 Å². The van der Waals surface area contributed by atoms with Crippen LogP contribution < -0.4 is 5.73 Å². The largest absolute Gasteiger partial charge is 0.330 e. The van der Waals surface area contributed by atoms with Crippen molar-refractivity contribution in [1.29, 1.82) is 0 Å². The topological polar surface area (TPSA) is 72.9 Å². The van der Waals surface area contributed by atoms with Crippen LogP contribution in [-0.4, -0.2) is 44.7 Å². The van der Waals surface area contributed by atoms with Crippen molar-refractivity contribution in [1.82, 2.24) is 25.1 Å². The minimum absolute atomic E-state index is 0.730. The smallest absolute Gasteiger partial charge is 0.188 e. The van der Waals surface area contributed by atoms with Crippen molar-refractivity contribution in [2.75, 3.05) is 19.6 Å². The van der Waals surface area contributed by atoms with Gasteiger partial charge in [-0.15, -0.1) is 10.2 Å². The number of hydrogen-bond acceptors (Lipinski definition) is 5. The van der Waals surface area contributed by atoms with E-state index in [1.807, 2.05) is 0 Å². The van der Waals surface area contributed by atoms with E-state index in [2.05, 4.69) is 27.2 Å². The van der Waals surface area contributed by atoms with E-state index in [1.165, 1.54) is 4.80 Å². The van der Waals surface area contributed by atoms with Gasteiger partial charge in [-0.2, -0.15) is 4.80 Å². The van der Waals surface area contributed by atoms with E-state index in [9.17, 15) is 0 Å². The molecule has 2 N–H and O–H groups in total. The molecule has 1 aromatic rings. The number of tetrazole rings is 1. The van der Waals surface area contributed by atoms with Crippen LogP contribution in [0.25, 0.3) is 0 Å². The Balaban J connectivity index is 2.42. The molecule has 0 aliphatic rings. The SMILES string of the molecule is CCCN(CCCN)Cc1nnn(C)n1. The summed E-state index contributed by atoms with van der Waals surface area (Å²) in [6.45, 7) is 5.72. The molecule has 1 heterocycles. The summed E-state index contributed by atoms with van der Waals surface area (Å²) in [5, 5.41) is 12.0. The van der Waals surface area contributed by atoms with Crippen molar-refractivity contribution in [3.8, 4) is 0 Å². The molecule has 1 aromatic heterocycles. The Kier molecular flexibility index (Phi) is 5.20. The Morgan fingerprint density at radius 2 is 2.20 bits per heavy atom. The van der Waals surface area contributed by atoms with Gasteiger partial charge in [0.25, 0.3) is 0 Å². The fraction of sp³-hybridized carbons (Fsp3) is 0.889. The lowest BCUT2D eigenvalue weighted by Crippen LogP contribution is -2.27. The number of aromatic nitrogens is 4. The highest BCUT2D eigenvalue weighted by molar-refractivity contribution is 4.77. The summed E-state index contributed by atoms with van der Waals surface area (Å²) in [7, 11) is 1.78. The second kappa shape index (κ2) is 6.47. The standard InChI is InChI=1S/C9H20N6/c1-3-6-15(7-4-5-10)8-9-11-13-14(2)12-9/h3-8,10H2,1-2H3. The molecule has 0 amide bonds. The summed E-state index contributed by atoms with van der Waals surface area (Å²) >= 11 is 0. The average molecular weight is 212 g/mol. The predicted molar refractivity (Wildman–Crippen MR) is 58.0 cm³/mol. The van der Waals surface area contributed by atoms with Gasteiger partial charge in [-0.1, -0.05) is 6.92 Å². The quantitative estimate of drug-likeness (QED) is 0.676. The van der Waals surface area contributed by atoms with Crippen molar-refractivity contribution in [2.45, 2.75) is 26.3 Å². The minimum atomic E-state index is 0.730. The van der Waals surface area contributed by atoms with E-state index < -0.39 is 0 Å². The van der Waals surface area contributed by atoms with Gasteiger partial charge >= 0.3 is 0 Å². The van der Waals surface area contributed by atoms with Crippen molar-refractivity contribution in [3.63, 3.8) is 0 Å². The first-order chi connectivity index (χ1) is 7.26. The van der Waals surface area contributed by atoms with Gasteiger partial charge in [0.05, 0.1) is 13.6 Å². The fourth-order valence-corrected chi connectivity index (χ4v) is 1.49. The van der Waals surface area contributed by atoms with Crippen molar-refractivity contribution >= 4 is 0 Å². The molecule has 0 saturated carbocycles. The van der Waals surface area contributed by atoms with Crippen LogP contribution in [0.5, 0.6) is 0 Å². The van der Waals surface area contributed by atoms with Crippen LogP contribution in [-0.2, 0) is 13.6 Å². The highest BCUT2D eigenvalue weighted by Crippen LogP contribution is 1.99. The van der Waals surface area contributed by atoms with E-state index in [0.29, 0.717) is 0 Å². The third-order valence-corrected chi connectivity index (χ3v) is 2.13. The fourth-order valence-electron chi connectivity index (χ4n) is 1.49. The molecular formula is C9H20N6. The molecule has 0 aliphatic heterocycles. The van der Waals surface area contributed by atoms with Crippen LogP contribution in [0.1, 0.15) is 25.6 Å². The van der Waals surface area contributed by atoms with Crippen LogP contribution in [0.15, 0.2) is 0 Å². The summed E-state index contributed by atoms with van der Waals surface area (Å²) in [6.07, 6.45) is 2.14. The van der Waals surface area contributed by atoms with Crippen LogP contribution in [0, 0.1) is 0 Å². The summed E-state index contributed by atoms with van der Waals surface area (Å²) in [5.41, 5.74) is 5.50. The molecule has 0 spiro atoms. The Morgan fingerprint density at radius 1 is 1.40 bits per heavy atom. The summed E-state index contributed by atoms with van der Waals surface area (Å²) in [4.78, 5) is 3.80. The third kappa shape index (κ3) is 4.35. The number of hydrogen-bond donors (Lipinski definition) is 1. The molecule has 0 bridgehead atoms. The van der Waals surface area contributed by atoms with Crippen LogP contribution >= 0.6 is 0 Å². The highest BCUT2D eigenvalue weighted by Gasteiger charge is 2.08. The van der Waals surface area contributed by atoms with E-state index >= 15 is 0 Å². The molecule has 86 valence electrons. The van der Waals surface area contributed by atoms with Gasteiger partial charge in [0, 0.05) is 0 Å². The highest BCUT2D eigenvalue weighted by atomic mass is 15.6. The molecule has 0 aromatic carbocycles. The molecule has 0 unspecified atom stereocenters. The van der Waals surface area contributed by atoms with Gasteiger partial charge in [0.1, 0.15) is 0 Å². The molecular weight excluding hydrogens is 192 g/mol. The normalized spacial score (nSPS) is 11.2. The van der Waals surface area contributed by atoms with Gasteiger partial charge in [0.15, 0.2) is 5.82 Å². The Hall–Kier alpha value is -1.01. The van der Waals surface area contributed by atoms with Crippen molar-refractivity contribution in [2.24, 2.45) is 12.8 Å². The zero-order chi connectivity index (χ0) is 11.1. The van der Waals surface area contributed by atoms with Crippen molar-refractivity contribution < 1.29 is 0 Å². The first kappa shape index (κ1) is 12.1. The van der Waals surface area contributed by atoms with Crippen molar-refractivity contribution in [3.05, 3.63) is 5.82 Å². The van der Waals surface area contributed by atoms with Crippen LogP contribution in [0.3, 0.4) is 0 Å². The predicted octanol–water partition coefficient (Wildman–Crippen LogP) is -0.229. The zero-order valence-corrected chi connectivity index (χ0v) is 9.56. The lowest BCUT2D eigenvalue weighted by atomic mass is 10.3. The molecule has 1 rings (SSSR count). The molecule has 6 nitrogen and oxygen atoms in total. The minimum Gasteiger partial charge on any atom is -0.330 e. The molecule has 15 heavy (non-hydrogen) atoms. The van der Waals surface area contributed by atoms with Gasteiger partial charge in [-0.3, -0.25) is 4.90 Å². The van der Waals surface area contributed by atoms with Gasteiger partial charge in [-0.25, -0.2) is 0 Å². The lowest BCUT2D eigenvalue weighted by molar-refractivity contribution is 0.257. The summed E-state index contributed by atoms with van der Waals surface area (Å²) in [6, 6.07) is 0. The Morgan fingerprint density at radius 3 is 2.73 bits per heavy atom. The molecule has 0 aliphatic carbocycles. The third-order valence-electron chi connectivity index (χ3n) is 2.13. The lowest BCUT2D eigenvalue weighted by Gasteiger charge is -2.19. The number of nitrogens with two attached hydrogens (primary N) is 1. The van der Waals surface area contributed by atoms with Gasteiger partial charge in [0.2, 0.25) is 0 Å². The van der Waals surface area contributed by atoms with E-state index in [4.69, 9.17) is 5.73 Å². The van der Waals surface area contributed by atoms with E-state index in [0.717, 1.165) is 44.8 Å². The first-order valence-electron chi connectivity index (χ1n) is 5.41. The number of rotatable bonds is 7. The van der Waals surface area contributed by atoms with Crippen LogP contribution in [0.4, 0.5) is 0 Å². The van der Waals surface area contributed by atoms with Gasteiger partial charge in [-0.05, 0) is 37.7 Å². The maximum atomic E-state index is 5.50. The molecule has 0 saturated heterocycles. The van der Waals surface area contributed by atoms with E-state index in [1.54, 1.807) is 7.05 Å². The van der Waals surface area contributed by atoms with Crippen LogP contribution in [0.2, 0.25) is 0 Å². The number of nitrogens with zero attached hydrogens (tertiary/aromatic N) is 5. The maximum absolute atomic E-state index is 5.50. The second-order valence-electron chi connectivity index (χ2n) is 3.61. The maximum Gasteiger partial charge on any atom is 0.188 e. The molecule has 6 heteroatoms. The second-order valence-corrected chi connectivity index (χ2v) is 3.61. The Bertz CT molecular complexity index is 271. The number of aryl methyl sites for hydroxylation is 1. The molecule has 0 radical (unpaired) electrons. The van der Waals surface area contributed by atoms with E-state index in [-0.39, 0.29) is 0 Å². The average Bonchev–Trinajstić information content (AvgIpc) is 2.61. The summed E-state index contributed by atoms with van der Waals surface area (Å²) in [5.74, 6) is 0.781.